The summed E-state index contributed by atoms with van der Waals surface area (Å²) in [6.45, 7) is 2.09. The first-order chi connectivity index (χ1) is 18.9. The molecule has 0 bridgehead atoms. The highest BCUT2D eigenvalue weighted by atomic mass is 32.1. The molecule has 6 rings (SSSR count). The number of amides is 1. The van der Waals surface area contributed by atoms with Gasteiger partial charge < -0.3 is 20.9 Å². The smallest absolute Gasteiger partial charge is 0.277 e. The van der Waals surface area contributed by atoms with E-state index in [9.17, 15) is 14.0 Å². The van der Waals surface area contributed by atoms with Crippen LogP contribution < -0.4 is 21.9 Å². The number of hydrogen-bond acceptors (Lipinski definition) is 10. The van der Waals surface area contributed by atoms with Gasteiger partial charge in [0.05, 0.1) is 18.8 Å². The van der Waals surface area contributed by atoms with Crippen molar-refractivity contribution in [3.8, 4) is 11.5 Å². The van der Waals surface area contributed by atoms with Gasteiger partial charge in [0.1, 0.15) is 29.2 Å². The van der Waals surface area contributed by atoms with Gasteiger partial charge in [-0.15, -0.1) is 11.3 Å². The number of thiophene rings is 1. The summed E-state index contributed by atoms with van der Waals surface area (Å²) >= 11 is 1.53. The van der Waals surface area contributed by atoms with Crippen LogP contribution in [0.2, 0.25) is 0 Å². The Morgan fingerprint density at radius 2 is 2.15 bits per heavy atom. The van der Waals surface area contributed by atoms with Gasteiger partial charge in [0, 0.05) is 33.1 Å². The first kappa shape index (κ1) is 24.7. The molecule has 0 saturated carbocycles. The van der Waals surface area contributed by atoms with E-state index in [0.717, 1.165) is 15.0 Å². The Morgan fingerprint density at radius 1 is 1.28 bits per heavy atom. The van der Waals surface area contributed by atoms with Crippen LogP contribution in [0.4, 0.5) is 15.9 Å². The van der Waals surface area contributed by atoms with E-state index in [4.69, 9.17) is 10.3 Å². The number of aromatic nitrogens is 5. The van der Waals surface area contributed by atoms with Gasteiger partial charge >= 0.3 is 0 Å². The lowest BCUT2D eigenvalue weighted by Gasteiger charge is -2.16. The van der Waals surface area contributed by atoms with Gasteiger partial charge in [0.2, 0.25) is 5.91 Å². The molecule has 5 aromatic rings. The van der Waals surface area contributed by atoms with Crippen LogP contribution in [0.15, 0.2) is 58.1 Å². The second kappa shape index (κ2) is 9.91. The molecule has 0 unspecified atom stereocenters. The van der Waals surface area contributed by atoms with Crippen molar-refractivity contribution in [3.05, 3.63) is 81.5 Å². The second-order valence-corrected chi connectivity index (χ2v) is 10.4. The summed E-state index contributed by atoms with van der Waals surface area (Å²) in [5.74, 6) is 0.774. The first-order valence-corrected chi connectivity index (χ1v) is 13.1. The van der Waals surface area contributed by atoms with Gasteiger partial charge in [-0.05, 0) is 43.7 Å². The Kier molecular flexibility index (Phi) is 6.27. The third-order valence-corrected chi connectivity index (χ3v) is 7.61. The van der Waals surface area contributed by atoms with E-state index in [1.165, 1.54) is 34.2 Å². The Bertz CT molecular complexity index is 1760. The normalized spacial score (nSPS) is 15.3. The van der Waals surface area contributed by atoms with Crippen molar-refractivity contribution in [1.82, 2.24) is 30.0 Å². The molecule has 2 atom stereocenters. The maximum atomic E-state index is 13.6. The van der Waals surface area contributed by atoms with Crippen LogP contribution in [-0.2, 0) is 17.8 Å². The van der Waals surface area contributed by atoms with E-state index in [2.05, 4.69) is 30.7 Å². The van der Waals surface area contributed by atoms with Gasteiger partial charge in [-0.2, -0.15) is 4.98 Å². The zero-order chi connectivity index (χ0) is 27.1. The Balaban J connectivity index is 1.16. The van der Waals surface area contributed by atoms with Crippen LogP contribution in [-0.4, -0.2) is 30.6 Å². The molecule has 39 heavy (non-hydrogen) atoms. The van der Waals surface area contributed by atoms with Crippen molar-refractivity contribution >= 4 is 38.8 Å². The minimum Gasteiger partial charge on any atom is -0.384 e. The first-order valence-electron chi connectivity index (χ1n) is 12.2. The molecule has 1 aliphatic rings. The second-order valence-electron chi connectivity index (χ2n) is 9.23. The van der Waals surface area contributed by atoms with Crippen LogP contribution in [0.1, 0.15) is 42.0 Å². The number of pyridine rings is 1. The molecule has 13 heteroatoms. The third-order valence-electron chi connectivity index (χ3n) is 6.51. The van der Waals surface area contributed by atoms with Gasteiger partial charge in [0.15, 0.2) is 5.82 Å². The zero-order valence-corrected chi connectivity index (χ0v) is 21.5. The van der Waals surface area contributed by atoms with E-state index in [1.54, 1.807) is 31.3 Å². The summed E-state index contributed by atoms with van der Waals surface area (Å²) < 4.78 is 21.3. The summed E-state index contributed by atoms with van der Waals surface area (Å²) in [7, 11) is 0. The number of carbonyl (C=O) groups excluding carboxylic acids is 1. The fourth-order valence-electron chi connectivity index (χ4n) is 4.58. The van der Waals surface area contributed by atoms with Crippen molar-refractivity contribution in [3.63, 3.8) is 0 Å². The van der Waals surface area contributed by atoms with E-state index in [-0.39, 0.29) is 28.9 Å². The highest BCUT2D eigenvalue weighted by molar-refractivity contribution is 7.19. The molecule has 1 aliphatic heterocycles. The number of rotatable bonds is 7. The highest BCUT2D eigenvalue weighted by Crippen LogP contribution is 2.28. The largest absolute Gasteiger partial charge is 0.384 e. The number of nitrogens with zero attached hydrogens (tertiary/aromatic N) is 5. The molecule has 4 N–H and O–H groups in total. The summed E-state index contributed by atoms with van der Waals surface area (Å²) in [6.07, 6.45) is 4.15. The SMILES string of the molecule is C[C@@H](Nc1cnc2n(c1=O)[C@H](C(=O)NCc1cc3cnc(N)cc3s1)CC2)c1noc(-c2cccc(F)c2)n1. The van der Waals surface area contributed by atoms with Crippen LogP contribution >= 0.6 is 11.3 Å². The van der Waals surface area contributed by atoms with Crippen LogP contribution in [0.3, 0.4) is 0 Å². The summed E-state index contributed by atoms with van der Waals surface area (Å²) in [5, 5.41) is 10.9. The van der Waals surface area contributed by atoms with Crippen molar-refractivity contribution in [2.45, 2.75) is 38.4 Å². The number of carbonyl (C=O) groups is 1. The molecule has 1 aromatic carbocycles. The molecule has 0 spiro atoms. The van der Waals surface area contributed by atoms with Crippen LogP contribution in [0, 0.1) is 5.82 Å². The maximum Gasteiger partial charge on any atom is 0.277 e. The lowest BCUT2D eigenvalue weighted by molar-refractivity contribution is -0.124. The summed E-state index contributed by atoms with van der Waals surface area (Å²) in [4.78, 5) is 40.3. The molecule has 198 valence electrons. The highest BCUT2D eigenvalue weighted by Gasteiger charge is 2.31. The summed E-state index contributed by atoms with van der Waals surface area (Å²) in [5.41, 5.74) is 6.06. The number of nitrogen functional groups attached to an aromatic ring is 1. The predicted molar refractivity (Wildman–Crippen MR) is 143 cm³/mol. The fourth-order valence-corrected chi connectivity index (χ4v) is 5.60. The molecule has 4 aromatic heterocycles. The molecular weight excluding hydrogens is 523 g/mol. The molecular formula is C26H23FN8O3S. The standard InChI is InChI=1S/C26H23FN8O3S/c1-13(23-33-25(38-34-23)14-3-2-4-16(27)7-14)32-18-12-30-22-6-5-19(35(22)26(18)37)24(36)31-11-17-8-15-10-29-21(28)9-20(15)39-17/h2-4,7-10,12-13,19,32H,5-6,11H2,1H3,(H2,28,29)(H,31,36)/t13-,19+/m1/s1. The number of nitrogens with one attached hydrogen (secondary N) is 2. The van der Waals surface area contributed by atoms with Crippen molar-refractivity contribution in [1.29, 1.82) is 0 Å². The number of halogens is 1. The summed E-state index contributed by atoms with van der Waals surface area (Å²) in [6, 6.07) is 8.41. The molecule has 5 heterocycles. The monoisotopic (exact) mass is 546 g/mol. The number of fused-ring (bicyclic) bond motifs is 2. The molecule has 0 saturated heterocycles. The van der Waals surface area contributed by atoms with E-state index in [0.29, 0.717) is 36.6 Å². The third kappa shape index (κ3) is 4.83. The molecule has 1 amide bonds. The fraction of sp³-hybridized carbons (Fsp3) is 0.231. The van der Waals surface area contributed by atoms with Crippen molar-refractivity contribution < 1.29 is 13.7 Å². The van der Waals surface area contributed by atoms with Gasteiger partial charge in [-0.3, -0.25) is 14.2 Å². The Hall–Kier alpha value is -4.65. The topological polar surface area (TPSA) is 154 Å². The van der Waals surface area contributed by atoms with Crippen LogP contribution in [0.5, 0.6) is 0 Å². The molecule has 0 fully saturated rings. The number of aryl methyl sites for hydroxylation is 1. The predicted octanol–water partition coefficient (Wildman–Crippen LogP) is 3.60. The van der Waals surface area contributed by atoms with Crippen molar-refractivity contribution in [2.75, 3.05) is 11.1 Å². The van der Waals surface area contributed by atoms with Gasteiger partial charge in [-0.1, -0.05) is 11.2 Å². The molecule has 11 nitrogen and oxygen atoms in total. The van der Waals surface area contributed by atoms with E-state index in [1.807, 2.05) is 6.07 Å². The Labute approximate surface area is 224 Å². The number of hydrogen-bond donors (Lipinski definition) is 3. The minimum absolute atomic E-state index is 0.164. The van der Waals surface area contributed by atoms with Crippen LogP contribution in [0.25, 0.3) is 21.5 Å². The zero-order valence-electron chi connectivity index (χ0n) is 20.7. The van der Waals surface area contributed by atoms with Gasteiger partial charge in [-0.25, -0.2) is 14.4 Å². The van der Waals surface area contributed by atoms with Gasteiger partial charge in [0.25, 0.3) is 11.4 Å². The molecule has 0 radical (unpaired) electrons. The number of benzene rings is 1. The average molecular weight is 547 g/mol. The number of anilines is 2. The maximum absolute atomic E-state index is 13.6. The Morgan fingerprint density at radius 3 is 3.00 bits per heavy atom. The van der Waals surface area contributed by atoms with Crippen molar-refractivity contribution in [2.24, 2.45) is 0 Å². The minimum atomic E-state index is -0.673. The lowest BCUT2D eigenvalue weighted by atomic mass is 10.2. The molecule has 0 aliphatic carbocycles. The van der Waals surface area contributed by atoms with E-state index >= 15 is 0 Å². The quantitative estimate of drug-likeness (QED) is 0.278. The number of nitrogens with two attached hydrogens (primary N) is 1. The lowest BCUT2D eigenvalue weighted by Crippen LogP contribution is -2.36. The van der Waals surface area contributed by atoms with E-state index < -0.39 is 17.9 Å². The average Bonchev–Trinajstić information content (AvgIpc) is 3.67.